The zero-order valence-electron chi connectivity index (χ0n) is 11.7. The van der Waals surface area contributed by atoms with Crippen molar-refractivity contribution >= 4 is 21.5 Å². The molecule has 0 fully saturated rings. The van der Waals surface area contributed by atoms with Gasteiger partial charge in [0.1, 0.15) is 28.7 Å². The Bertz CT molecular complexity index is 897. The van der Waals surface area contributed by atoms with Gasteiger partial charge in [0.15, 0.2) is 0 Å². The van der Waals surface area contributed by atoms with Gasteiger partial charge >= 0.3 is 0 Å². The fourth-order valence-electron chi connectivity index (χ4n) is 2.67. The Hall–Kier alpha value is -2.86. The van der Waals surface area contributed by atoms with Gasteiger partial charge in [-0.3, -0.25) is 0 Å². The van der Waals surface area contributed by atoms with Gasteiger partial charge in [-0.05, 0) is 23.8 Å². The van der Waals surface area contributed by atoms with E-state index < -0.39 is 0 Å². The van der Waals surface area contributed by atoms with Crippen molar-refractivity contribution in [2.75, 3.05) is 7.11 Å². The molecule has 0 radical (unpaired) electrons. The second-order valence-corrected chi connectivity index (χ2v) is 4.96. The van der Waals surface area contributed by atoms with Crippen LogP contribution in [-0.2, 0) is 6.61 Å². The first-order valence-electron chi connectivity index (χ1n) is 6.49. The van der Waals surface area contributed by atoms with Gasteiger partial charge in [-0.25, -0.2) is 0 Å². The summed E-state index contributed by atoms with van der Waals surface area (Å²) in [7, 11) is 1.36. The summed E-state index contributed by atoms with van der Waals surface area (Å²) in [5.41, 5.74) is 0.381. The predicted octanol–water partition coefficient (Wildman–Crippen LogP) is 2.32. The van der Waals surface area contributed by atoms with Crippen LogP contribution in [-0.4, -0.2) is 32.6 Å². The van der Waals surface area contributed by atoms with Gasteiger partial charge < -0.3 is 30.3 Å². The minimum Gasteiger partial charge on any atom is -0.508 e. The Morgan fingerprint density at radius 1 is 0.864 bits per heavy atom. The number of fused-ring (bicyclic) bond motifs is 2. The number of rotatable bonds is 2. The van der Waals surface area contributed by atoms with Crippen LogP contribution in [0.15, 0.2) is 24.3 Å². The van der Waals surface area contributed by atoms with E-state index in [2.05, 4.69) is 0 Å². The average Bonchev–Trinajstić information content (AvgIpc) is 2.50. The van der Waals surface area contributed by atoms with Crippen molar-refractivity contribution in [3.8, 4) is 28.7 Å². The fourth-order valence-corrected chi connectivity index (χ4v) is 2.67. The molecule has 0 amide bonds. The summed E-state index contributed by atoms with van der Waals surface area (Å²) >= 11 is 0. The molecule has 0 saturated carbocycles. The third-order valence-corrected chi connectivity index (χ3v) is 3.65. The van der Waals surface area contributed by atoms with E-state index in [-0.39, 0.29) is 56.9 Å². The minimum atomic E-state index is -0.328. The zero-order valence-corrected chi connectivity index (χ0v) is 11.7. The molecular weight excluding hydrogens is 288 g/mol. The predicted molar refractivity (Wildman–Crippen MR) is 80.6 cm³/mol. The van der Waals surface area contributed by atoms with Crippen molar-refractivity contribution in [2.45, 2.75) is 6.61 Å². The van der Waals surface area contributed by atoms with Crippen LogP contribution >= 0.6 is 0 Å². The SMILES string of the molecule is COc1cc(O)cc2c(O)c3cc(CO)cc(O)c3c(O)c12. The van der Waals surface area contributed by atoms with Gasteiger partial charge in [0.2, 0.25) is 0 Å². The summed E-state index contributed by atoms with van der Waals surface area (Å²) in [6.07, 6.45) is 0. The Morgan fingerprint density at radius 3 is 2.18 bits per heavy atom. The number of benzene rings is 3. The van der Waals surface area contributed by atoms with Crippen LogP contribution < -0.4 is 4.74 Å². The van der Waals surface area contributed by atoms with E-state index >= 15 is 0 Å². The number of hydrogen-bond donors (Lipinski definition) is 5. The maximum atomic E-state index is 10.5. The van der Waals surface area contributed by atoms with Crippen LogP contribution in [0.4, 0.5) is 0 Å². The number of ether oxygens (including phenoxy) is 1. The summed E-state index contributed by atoms with van der Waals surface area (Å²) in [5, 5.41) is 50.5. The lowest BCUT2D eigenvalue weighted by atomic mass is 9.97. The smallest absolute Gasteiger partial charge is 0.138 e. The Kier molecular flexibility index (Phi) is 3.11. The van der Waals surface area contributed by atoms with E-state index in [1.807, 2.05) is 0 Å². The molecular formula is C16H14O6. The van der Waals surface area contributed by atoms with Crippen molar-refractivity contribution in [3.05, 3.63) is 29.8 Å². The number of aliphatic hydroxyl groups excluding tert-OH is 1. The molecule has 0 heterocycles. The molecule has 5 N–H and O–H groups in total. The van der Waals surface area contributed by atoms with Crippen molar-refractivity contribution in [2.24, 2.45) is 0 Å². The van der Waals surface area contributed by atoms with E-state index in [0.717, 1.165) is 0 Å². The summed E-state index contributed by atoms with van der Waals surface area (Å²) in [5.74, 6) is -0.758. The molecule has 3 aromatic carbocycles. The van der Waals surface area contributed by atoms with Gasteiger partial charge in [-0.1, -0.05) is 0 Å². The molecule has 3 rings (SSSR count). The van der Waals surface area contributed by atoms with Gasteiger partial charge in [-0.2, -0.15) is 0 Å². The van der Waals surface area contributed by atoms with Crippen molar-refractivity contribution in [1.82, 2.24) is 0 Å². The van der Waals surface area contributed by atoms with Crippen LogP contribution in [0, 0.1) is 0 Å². The molecule has 114 valence electrons. The molecule has 0 aliphatic heterocycles. The lowest BCUT2D eigenvalue weighted by Crippen LogP contribution is -1.90. The highest BCUT2D eigenvalue weighted by molar-refractivity contribution is 6.14. The molecule has 0 bridgehead atoms. The molecule has 0 unspecified atom stereocenters. The third-order valence-electron chi connectivity index (χ3n) is 3.65. The van der Waals surface area contributed by atoms with Crippen molar-refractivity contribution < 1.29 is 30.3 Å². The third kappa shape index (κ3) is 1.85. The average molecular weight is 302 g/mol. The summed E-state index contributed by atoms with van der Waals surface area (Å²) in [6, 6.07) is 5.35. The zero-order chi connectivity index (χ0) is 16.0. The lowest BCUT2D eigenvalue weighted by Gasteiger charge is -2.14. The minimum absolute atomic E-state index is 0.0474. The highest BCUT2D eigenvalue weighted by Crippen LogP contribution is 2.49. The molecule has 0 aromatic heterocycles. The Balaban J connectivity index is 2.61. The number of hydrogen-bond acceptors (Lipinski definition) is 6. The lowest BCUT2D eigenvalue weighted by molar-refractivity contribution is 0.281. The molecule has 22 heavy (non-hydrogen) atoms. The topological polar surface area (TPSA) is 110 Å². The van der Waals surface area contributed by atoms with Crippen LogP contribution in [0.2, 0.25) is 0 Å². The number of methoxy groups -OCH3 is 1. The van der Waals surface area contributed by atoms with Gasteiger partial charge in [-0.15, -0.1) is 0 Å². The number of phenolic OH excluding ortho intramolecular Hbond substituents is 4. The fraction of sp³-hybridized carbons (Fsp3) is 0.125. The molecule has 0 atom stereocenters. The summed E-state index contributed by atoms with van der Waals surface area (Å²) < 4.78 is 5.13. The number of aromatic hydroxyl groups is 4. The monoisotopic (exact) mass is 302 g/mol. The molecule has 6 nitrogen and oxygen atoms in total. The quantitative estimate of drug-likeness (QED) is 0.367. The molecule has 0 spiro atoms. The highest BCUT2D eigenvalue weighted by atomic mass is 16.5. The number of phenols is 4. The standard InChI is InChI=1S/C16H14O6/c1-22-12-5-8(18)4-10-14(12)16(21)13-9(15(10)20)2-7(6-17)3-11(13)19/h2-5,17-21H,6H2,1H3. The first-order valence-corrected chi connectivity index (χ1v) is 6.49. The van der Waals surface area contributed by atoms with Gasteiger partial charge in [0, 0.05) is 16.8 Å². The number of aliphatic hydroxyl groups is 1. The van der Waals surface area contributed by atoms with E-state index in [4.69, 9.17) is 4.74 Å². The van der Waals surface area contributed by atoms with Crippen LogP contribution in [0.25, 0.3) is 21.5 Å². The summed E-state index contributed by atoms with van der Waals surface area (Å²) in [6.45, 7) is -0.328. The van der Waals surface area contributed by atoms with Crippen molar-refractivity contribution in [1.29, 1.82) is 0 Å². The highest BCUT2D eigenvalue weighted by Gasteiger charge is 2.20. The first kappa shape index (κ1) is 14.1. The summed E-state index contributed by atoms with van der Waals surface area (Å²) in [4.78, 5) is 0. The molecule has 0 aliphatic carbocycles. The maximum absolute atomic E-state index is 10.5. The van der Waals surface area contributed by atoms with Crippen LogP contribution in [0.3, 0.4) is 0 Å². The van der Waals surface area contributed by atoms with E-state index in [0.29, 0.717) is 5.56 Å². The van der Waals surface area contributed by atoms with Gasteiger partial charge in [0.25, 0.3) is 0 Å². The van der Waals surface area contributed by atoms with Gasteiger partial charge in [0.05, 0.1) is 24.5 Å². The maximum Gasteiger partial charge on any atom is 0.138 e. The Labute approximate surface area is 125 Å². The van der Waals surface area contributed by atoms with E-state index in [1.54, 1.807) is 0 Å². The second kappa shape index (κ2) is 4.85. The van der Waals surface area contributed by atoms with E-state index in [1.165, 1.54) is 31.4 Å². The second-order valence-electron chi connectivity index (χ2n) is 4.96. The van der Waals surface area contributed by atoms with E-state index in [9.17, 15) is 25.5 Å². The molecule has 0 aliphatic rings. The molecule has 6 heteroatoms. The largest absolute Gasteiger partial charge is 0.508 e. The van der Waals surface area contributed by atoms with Crippen LogP contribution in [0.1, 0.15) is 5.56 Å². The molecule has 3 aromatic rings. The van der Waals surface area contributed by atoms with Crippen LogP contribution in [0.5, 0.6) is 28.7 Å². The molecule has 0 saturated heterocycles. The Morgan fingerprint density at radius 2 is 1.55 bits per heavy atom. The first-order chi connectivity index (χ1) is 10.5. The normalized spacial score (nSPS) is 11.2. The van der Waals surface area contributed by atoms with Crippen molar-refractivity contribution in [3.63, 3.8) is 0 Å².